The van der Waals surface area contributed by atoms with Crippen LogP contribution < -0.4 is 10.6 Å². The van der Waals surface area contributed by atoms with Crippen molar-refractivity contribution >= 4 is 23.2 Å². The molecule has 0 aliphatic carbocycles. The molecule has 1 heterocycles. The summed E-state index contributed by atoms with van der Waals surface area (Å²) in [5, 5.41) is 8.23. The van der Waals surface area contributed by atoms with Crippen molar-refractivity contribution in [2.24, 2.45) is 0 Å². The maximum Gasteiger partial charge on any atom is 0.434 e. The minimum Gasteiger partial charge on any atom is -0.326 e. The van der Waals surface area contributed by atoms with E-state index in [-0.39, 0.29) is 10.4 Å². The Hall–Kier alpha value is -3.83. The van der Waals surface area contributed by atoms with E-state index in [1.165, 1.54) is 31.2 Å². The largest absolute Gasteiger partial charge is 0.434 e. The lowest BCUT2D eigenvalue weighted by atomic mass is 10.1. The molecule has 2 amide bonds. The number of alkyl halides is 6. The van der Waals surface area contributed by atoms with E-state index in [4.69, 9.17) is 0 Å². The summed E-state index contributed by atoms with van der Waals surface area (Å²) in [6.45, 7) is 1.25. The second-order valence-corrected chi connectivity index (χ2v) is 6.58. The van der Waals surface area contributed by atoms with Crippen molar-refractivity contribution in [3.05, 3.63) is 71.5 Å². The van der Waals surface area contributed by atoms with Crippen LogP contribution in [0.15, 0.2) is 54.7 Å². The Bertz CT molecular complexity index is 1170. The van der Waals surface area contributed by atoms with E-state index in [0.717, 1.165) is 12.1 Å². The van der Waals surface area contributed by atoms with Gasteiger partial charge in [-0.3, -0.25) is 9.59 Å². The number of amides is 2. The van der Waals surface area contributed by atoms with Gasteiger partial charge in [-0.1, -0.05) is 12.1 Å². The zero-order valence-electron chi connectivity index (χ0n) is 16.2. The summed E-state index contributed by atoms with van der Waals surface area (Å²) in [6.07, 6.45) is -9.26. The Balaban J connectivity index is 2.00. The molecule has 0 fully saturated rings. The van der Waals surface area contributed by atoms with Crippen LogP contribution in [0.3, 0.4) is 0 Å². The maximum absolute atomic E-state index is 13.8. The quantitative estimate of drug-likeness (QED) is 0.535. The number of halogens is 6. The molecule has 0 saturated heterocycles. The molecule has 0 saturated carbocycles. The third-order valence-electron chi connectivity index (χ3n) is 4.14. The van der Waals surface area contributed by atoms with Crippen molar-refractivity contribution < 1.29 is 35.9 Å². The predicted octanol–water partition coefficient (Wildman–Crippen LogP) is 5.12. The topological polar surface area (TPSA) is 76.0 Å². The van der Waals surface area contributed by atoms with Crippen molar-refractivity contribution in [3.63, 3.8) is 0 Å². The third-order valence-corrected chi connectivity index (χ3v) is 4.14. The molecule has 0 spiro atoms. The molecule has 0 atom stereocenters. The number of rotatable bonds is 4. The molecule has 6 nitrogen and oxygen atoms in total. The van der Waals surface area contributed by atoms with Gasteiger partial charge >= 0.3 is 12.4 Å². The maximum atomic E-state index is 13.8. The molecule has 0 unspecified atom stereocenters. The first-order valence-corrected chi connectivity index (χ1v) is 8.88. The zero-order valence-corrected chi connectivity index (χ0v) is 16.2. The van der Waals surface area contributed by atoms with Crippen LogP contribution in [0.4, 0.5) is 37.7 Å². The molecular formula is C20H14F6N4O2. The molecule has 0 aliphatic rings. The van der Waals surface area contributed by atoms with E-state index in [2.05, 4.69) is 15.7 Å². The third kappa shape index (κ3) is 5.07. The number of carbonyl (C=O) groups is 2. The minimum absolute atomic E-state index is 0.0844. The molecular weight excluding hydrogens is 442 g/mol. The second-order valence-electron chi connectivity index (χ2n) is 6.58. The molecule has 1 aromatic heterocycles. The fraction of sp³-hybridized carbons (Fsp3) is 0.150. The van der Waals surface area contributed by atoms with E-state index >= 15 is 0 Å². The van der Waals surface area contributed by atoms with Gasteiger partial charge in [-0.2, -0.15) is 31.4 Å². The predicted molar refractivity (Wildman–Crippen MR) is 102 cm³/mol. The smallest absolute Gasteiger partial charge is 0.326 e. The molecule has 3 rings (SSSR count). The van der Waals surface area contributed by atoms with Crippen LogP contribution in [-0.4, -0.2) is 21.6 Å². The molecule has 2 aromatic carbocycles. The summed E-state index contributed by atoms with van der Waals surface area (Å²) in [6, 6.07) is 8.82. The number of nitrogens with one attached hydrogen (secondary N) is 2. The number of benzene rings is 2. The van der Waals surface area contributed by atoms with Crippen molar-refractivity contribution in [2.45, 2.75) is 19.3 Å². The van der Waals surface area contributed by atoms with Gasteiger partial charge < -0.3 is 10.6 Å². The highest BCUT2D eigenvalue weighted by atomic mass is 19.4. The Morgan fingerprint density at radius 3 is 2.09 bits per heavy atom. The summed E-state index contributed by atoms with van der Waals surface area (Å²) in [5.74, 6) is -1.58. The van der Waals surface area contributed by atoms with Crippen LogP contribution in [0.5, 0.6) is 0 Å². The fourth-order valence-electron chi connectivity index (χ4n) is 2.87. The molecule has 0 bridgehead atoms. The minimum atomic E-state index is -5.10. The number of anilines is 2. The van der Waals surface area contributed by atoms with Crippen molar-refractivity contribution in [1.82, 2.24) is 9.78 Å². The number of carbonyl (C=O) groups excluding carboxylic acids is 2. The standard InChI is InChI=1S/C20H14F6N4O2/c1-11(31)28-13-5-3-6-14(9-13)29-18(32)16-10-27-30(17(16)20(24,25)26)15-7-2-4-12(8-15)19(21,22)23/h2-10H,1H3,(H,28,31)(H,29,32). The summed E-state index contributed by atoms with van der Waals surface area (Å²) in [7, 11) is 0. The van der Waals surface area contributed by atoms with Gasteiger partial charge in [0.2, 0.25) is 5.91 Å². The van der Waals surface area contributed by atoms with Crippen LogP contribution in [-0.2, 0) is 17.1 Å². The van der Waals surface area contributed by atoms with Gasteiger partial charge in [-0.15, -0.1) is 0 Å². The summed E-state index contributed by atoms with van der Waals surface area (Å²) in [4.78, 5) is 23.7. The summed E-state index contributed by atoms with van der Waals surface area (Å²) < 4.78 is 80.4. The molecule has 2 N–H and O–H groups in total. The van der Waals surface area contributed by atoms with Crippen molar-refractivity contribution in [3.8, 4) is 5.69 Å². The van der Waals surface area contributed by atoms with Crippen LogP contribution in [0.1, 0.15) is 28.5 Å². The van der Waals surface area contributed by atoms with Crippen LogP contribution >= 0.6 is 0 Å². The lowest BCUT2D eigenvalue weighted by molar-refractivity contribution is -0.143. The number of nitrogens with zero attached hydrogens (tertiary/aromatic N) is 2. The summed E-state index contributed by atoms with van der Waals surface area (Å²) >= 11 is 0. The van der Waals surface area contributed by atoms with Gasteiger partial charge in [0.1, 0.15) is 0 Å². The first-order valence-electron chi connectivity index (χ1n) is 8.88. The average Bonchev–Trinajstić information content (AvgIpc) is 3.13. The van der Waals surface area contributed by atoms with E-state index in [1.54, 1.807) is 0 Å². The average molecular weight is 456 g/mol. The first kappa shape index (κ1) is 22.8. The van der Waals surface area contributed by atoms with Gasteiger partial charge in [0.25, 0.3) is 5.91 Å². The van der Waals surface area contributed by atoms with E-state index in [0.29, 0.717) is 24.0 Å². The normalized spacial score (nSPS) is 11.8. The summed E-state index contributed by atoms with van der Waals surface area (Å²) in [5.41, 5.74) is -3.72. The number of hydrogen-bond donors (Lipinski definition) is 2. The highest BCUT2D eigenvalue weighted by molar-refractivity contribution is 6.05. The number of hydrogen-bond acceptors (Lipinski definition) is 3. The first-order chi connectivity index (χ1) is 14.9. The second kappa shape index (κ2) is 8.36. The van der Waals surface area contributed by atoms with Crippen LogP contribution in [0.25, 0.3) is 5.69 Å². The highest BCUT2D eigenvalue weighted by Gasteiger charge is 2.41. The van der Waals surface area contributed by atoms with Crippen molar-refractivity contribution in [2.75, 3.05) is 10.6 Å². The van der Waals surface area contributed by atoms with Gasteiger partial charge in [-0.05, 0) is 36.4 Å². The van der Waals surface area contributed by atoms with E-state index in [1.807, 2.05) is 0 Å². The Morgan fingerprint density at radius 2 is 1.50 bits per heavy atom. The Kier molecular flexibility index (Phi) is 5.97. The molecule has 0 aliphatic heterocycles. The van der Waals surface area contributed by atoms with Crippen LogP contribution in [0, 0.1) is 0 Å². The number of aromatic nitrogens is 2. The molecule has 0 radical (unpaired) electrons. The van der Waals surface area contributed by atoms with Gasteiger partial charge in [0.15, 0.2) is 5.69 Å². The fourth-order valence-corrected chi connectivity index (χ4v) is 2.87. The molecule has 32 heavy (non-hydrogen) atoms. The molecule has 3 aromatic rings. The Labute approximate surface area is 176 Å². The highest BCUT2D eigenvalue weighted by Crippen LogP contribution is 2.36. The van der Waals surface area contributed by atoms with Gasteiger partial charge in [0.05, 0.1) is 23.0 Å². The monoisotopic (exact) mass is 456 g/mol. The zero-order chi connectivity index (χ0) is 23.7. The lowest BCUT2D eigenvalue weighted by Crippen LogP contribution is -2.21. The van der Waals surface area contributed by atoms with Gasteiger partial charge in [0, 0.05) is 18.3 Å². The van der Waals surface area contributed by atoms with Crippen molar-refractivity contribution in [1.29, 1.82) is 0 Å². The lowest BCUT2D eigenvalue weighted by Gasteiger charge is -2.14. The van der Waals surface area contributed by atoms with E-state index in [9.17, 15) is 35.9 Å². The van der Waals surface area contributed by atoms with Crippen LogP contribution in [0.2, 0.25) is 0 Å². The SMILES string of the molecule is CC(=O)Nc1cccc(NC(=O)c2cnn(-c3cccc(C(F)(F)F)c3)c2C(F)(F)F)c1. The Morgan fingerprint density at radius 1 is 0.875 bits per heavy atom. The van der Waals surface area contributed by atoms with Gasteiger partial charge in [-0.25, -0.2) is 4.68 Å². The van der Waals surface area contributed by atoms with E-state index < -0.39 is 46.7 Å². The molecule has 168 valence electrons. The molecule has 12 heteroatoms.